The van der Waals surface area contributed by atoms with Gasteiger partial charge in [-0.2, -0.15) is 0 Å². The van der Waals surface area contributed by atoms with Gasteiger partial charge in [0.25, 0.3) is 5.56 Å². The summed E-state index contributed by atoms with van der Waals surface area (Å²) >= 11 is 0. The van der Waals surface area contributed by atoms with Gasteiger partial charge in [-0.05, 0) is 68.5 Å². The van der Waals surface area contributed by atoms with Crippen molar-refractivity contribution in [3.8, 4) is 0 Å². The summed E-state index contributed by atoms with van der Waals surface area (Å²) < 4.78 is 13.2. The average molecular weight is 314 g/mol. The molecule has 122 valence electrons. The SMILES string of the molecule is O=c1[nH]cccc1CN1CCC(CCc2cccc(F)c2)CC1. The minimum atomic E-state index is -0.148. The van der Waals surface area contributed by atoms with Gasteiger partial charge in [0.1, 0.15) is 5.82 Å². The Labute approximate surface area is 136 Å². The van der Waals surface area contributed by atoms with Crippen molar-refractivity contribution < 1.29 is 4.39 Å². The number of halogens is 1. The zero-order valence-electron chi connectivity index (χ0n) is 13.3. The van der Waals surface area contributed by atoms with Crippen molar-refractivity contribution in [1.29, 1.82) is 0 Å². The first-order valence-electron chi connectivity index (χ1n) is 8.34. The number of H-pyrrole nitrogens is 1. The highest BCUT2D eigenvalue weighted by Crippen LogP contribution is 2.23. The standard InChI is InChI=1S/C19H23FN2O/c20-18-5-1-3-16(13-18)7-6-15-8-11-22(12-9-15)14-17-4-2-10-21-19(17)23/h1-5,10,13,15H,6-9,11-12,14H2,(H,21,23). The van der Waals surface area contributed by atoms with Gasteiger partial charge >= 0.3 is 0 Å². The lowest BCUT2D eigenvalue weighted by Gasteiger charge is -2.31. The molecule has 0 amide bonds. The summed E-state index contributed by atoms with van der Waals surface area (Å²) in [6.07, 6.45) is 6.04. The molecule has 4 heteroatoms. The van der Waals surface area contributed by atoms with E-state index in [9.17, 15) is 9.18 Å². The van der Waals surface area contributed by atoms with Gasteiger partial charge in [-0.15, -0.1) is 0 Å². The number of nitrogens with one attached hydrogen (secondary N) is 1. The molecule has 1 aromatic carbocycles. The largest absolute Gasteiger partial charge is 0.329 e. The third kappa shape index (κ3) is 4.52. The summed E-state index contributed by atoms with van der Waals surface area (Å²) in [5.74, 6) is 0.550. The molecule has 23 heavy (non-hydrogen) atoms. The van der Waals surface area contributed by atoms with E-state index in [-0.39, 0.29) is 11.4 Å². The lowest BCUT2D eigenvalue weighted by Crippen LogP contribution is -2.34. The van der Waals surface area contributed by atoms with Crippen LogP contribution in [0.4, 0.5) is 4.39 Å². The van der Waals surface area contributed by atoms with Crippen LogP contribution in [0.1, 0.15) is 30.4 Å². The fraction of sp³-hybridized carbons (Fsp3) is 0.421. The first-order valence-corrected chi connectivity index (χ1v) is 8.34. The van der Waals surface area contributed by atoms with Crippen molar-refractivity contribution in [3.63, 3.8) is 0 Å². The number of likely N-dealkylation sites (tertiary alicyclic amines) is 1. The molecule has 1 N–H and O–H groups in total. The van der Waals surface area contributed by atoms with Crippen LogP contribution in [0.25, 0.3) is 0 Å². The zero-order valence-corrected chi connectivity index (χ0v) is 13.3. The van der Waals surface area contributed by atoms with E-state index in [1.54, 1.807) is 18.3 Å². The molecule has 0 saturated carbocycles. The Bertz CT molecular complexity index is 690. The molecule has 2 aromatic rings. The number of hydrogen-bond acceptors (Lipinski definition) is 2. The predicted octanol–water partition coefficient (Wildman–Crippen LogP) is 3.36. The highest BCUT2D eigenvalue weighted by molar-refractivity contribution is 5.16. The molecule has 0 radical (unpaired) electrons. The van der Waals surface area contributed by atoms with Crippen LogP contribution in [-0.4, -0.2) is 23.0 Å². The summed E-state index contributed by atoms with van der Waals surface area (Å²) in [4.78, 5) is 16.8. The van der Waals surface area contributed by atoms with Crippen LogP contribution in [0.5, 0.6) is 0 Å². The second-order valence-electron chi connectivity index (χ2n) is 6.41. The van der Waals surface area contributed by atoms with E-state index >= 15 is 0 Å². The van der Waals surface area contributed by atoms with Gasteiger partial charge in [0.2, 0.25) is 0 Å². The summed E-state index contributed by atoms with van der Waals surface area (Å²) in [5, 5.41) is 0. The molecule has 1 aromatic heterocycles. The van der Waals surface area contributed by atoms with Gasteiger partial charge < -0.3 is 4.98 Å². The van der Waals surface area contributed by atoms with E-state index < -0.39 is 0 Å². The zero-order chi connectivity index (χ0) is 16.1. The third-order valence-electron chi connectivity index (χ3n) is 4.73. The Morgan fingerprint density at radius 2 is 2.00 bits per heavy atom. The number of hydrogen-bond donors (Lipinski definition) is 1. The van der Waals surface area contributed by atoms with Crippen LogP contribution in [0.15, 0.2) is 47.4 Å². The van der Waals surface area contributed by atoms with Gasteiger partial charge in [-0.1, -0.05) is 18.2 Å². The number of nitrogens with zero attached hydrogens (tertiary/aromatic N) is 1. The molecule has 1 fully saturated rings. The Kier molecular flexibility index (Phi) is 5.23. The van der Waals surface area contributed by atoms with Crippen LogP contribution < -0.4 is 5.56 Å². The fourth-order valence-corrected chi connectivity index (χ4v) is 3.32. The van der Waals surface area contributed by atoms with Crippen molar-refractivity contribution in [2.24, 2.45) is 5.92 Å². The summed E-state index contributed by atoms with van der Waals surface area (Å²) in [6.45, 7) is 2.79. The molecular weight excluding hydrogens is 291 g/mol. The summed E-state index contributed by atoms with van der Waals surface area (Å²) in [7, 11) is 0. The maximum absolute atomic E-state index is 13.2. The number of rotatable bonds is 5. The number of pyridine rings is 1. The Balaban J connectivity index is 1.45. The van der Waals surface area contributed by atoms with Crippen LogP contribution >= 0.6 is 0 Å². The van der Waals surface area contributed by atoms with Gasteiger partial charge in [-0.3, -0.25) is 9.69 Å². The van der Waals surface area contributed by atoms with Crippen LogP contribution in [0, 0.1) is 11.7 Å². The van der Waals surface area contributed by atoms with E-state index in [1.165, 1.54) is 6.07 Å². The second kappa shape index (κ2) is 7.55. The van der Waals surface area contributed by atoms with Crippen LogP contribution in [0.2, 0.25) is 0 Å². The van der Waals surface area contributed by atoms with Crippen LogP contribution in [-0.2, 0) is 13.0 Å². The molecular formula is C19H23FN2O. The van der Waals surface area contributed by atoms with Gasteiger partial charge in [0.05, 0.1) is 0 Å². The van der Waals surface area contributed by atoms with Crippen molar-refractivity contribution in [2.45, 2.75) is 32.2 Å². The first-order chi connectivity index (χ1) is 11.2. The molecule has 0 aliphatic carbocycles. The maximum Gasteiger partial charge on any atom is 0.252 e. The van der Waals surface area contributed by atoms with E-state index in [0.29, 0.717) is 5.92 Å². The summed E-state index contributed by atoms with van der Waals surface area (Å²) in [5.41, 5.74) is 1.94. The highest BCUT2D eigenvalue weighted by atomic mass is 19.1. The number of piperidine rings is 1. The first kappa shape index (κ1) is 15.9. The second-order valence-corrected chi connectivity index (χ2v) is 6.41. The van der Waals surface area contributed by atoms with Crippen molar-refractivity contribution >= 4 is 0 Å². The van der Waals surface area contributed by atoms with Crippen molar-refractivity contribution in [2.75, 3.05) is 13.1 Å². The Hall–Kier alpha value is -1.94. The normalized spacial score (nSPS) is 16.6. The maximum atomic E-state index is 13.2. The molecule has 0 unspecified atom stereocenters. The predicted molar refractivity (Wildman–Crippen MR) is 89.8 cm³/mol. The topological polar surface area (TPSA) is 36.1 Å². The average Bonchev–Trinajstić information content (AvgIpc) is 2.56. The number of aromatic nitrogens is 1. The molecule has 1 saturated heterocycles. The fourth-order valence-electron chi connectivity index (χ4n) is 3.32. The molecule has 3 nitrogen and oxygen atoms in total. The number of aromatic amines is 1. The molecule has 1 aliphatic heterocycles. The van der Waals surface area contributed by atoms with Gasteiger partial charge in [0, 0.05) is 18.3 Å². The molecule has 0 atom stereocenters. The van der Waals surface area contributed by atoms with Crippen molar-refractivity contribution in [1.82, 2.24) is 9.88 Å². The smallest absolute Gasteiger partial charge is 0.252 e. The lowest BCUT2D eigenvalue weighted by atomic mass is 9.90. The van der Waals surface area contributed by atoms with Gasteiger partial charge in [0.15, 0.2) is 0 Å². The Morgan fingerprint density at radius 1 is 1.17 bits per heavy atom. The molecule has 0 bridgehead atoms. The highest BCUT2D eigenvalue weighted by Gasteiger charge is 2.19. The third-order valence-corrected chi connectivity index (χ3v) is 4.73. The Morgan fingerprint density at radius 3 is 2.74 bits per heavy atom. The number of aryl methyl sites for hydroxylation is 1. The monoisotopic (exact) mass is 314 g/mol. The van der Waals surface area contributed by atoms with E-state index in [1.807, 2.05) is 18.2 Å². The molecule has 1 aliphatic rings. The molecule has 0 spiro atoms. The number of benzene rings is 1. The minimum absolute atomic E-state index is 0.0146. The van der Waals surface area contributed by atoms with E-state index in [4.69, 9.17) is 0 Å². The van der Waals surface area contributed by atoms with Gasteiger partial charge in [-0.25, -0.2) is 4.39 Å². The van der Waals surface area contributed by atoms with Crippen molar-refractivity contribution in [3.05, 3.63) is 69.9 Å². The summed E-state index contributed by atoms with van der Waals surface area (Å²) in [6, 6.07) is 10.7. The van der Waals surface area contributed by atoms with Crippen LogP contribution in [0.3, 0.4) is 0 Å². The quantitative estimate of drug-likeness (QED) is 0.918. The van der Waals surface area contributed by atoms with E-state index in [2.05, 4.69) is 9.88 Å². The lowest BCUT2D eigenvalue weighted by molar-refractivity contribution is 0.172. The van der Waals surface area contributed by atoms with E-state index in [0.717, 1.165) is 56.4 Å². The minimum Gasteiger partial charge on any atom is -0.329 e. The molecule has 2 heterocycles. The molecule has 3 rings (SSSR count).